The monoisotopic (exact) mass is 302 g/mol. The van der Waals surface area contributed by atoms with Crippen molar-refractivity contribution in [2.24, 2.45) is 5.92 Å². The summed E-state index contributed by atoms with van der Waals surface area (Å²) in [4.78, 5) is 22.4. The van der Waals surface area contributed by atoms with Gasteiger partial charge in [-0.2, -0.15) is 0 Å². The van der Waals surface area contributed by atoms with Crippen LogP contribution in [0.5, 0.6) is 0 Å². The zero-order valence-corrected chi connectivity index (χ0v) is 12.3. The topological polar surface area (TPSA) is 92.5 Å². The predicted molar refractivity (Wildman–Crippen MR) is 82.4 cm³/mol. The summed E-state index contributed by atoms with van der Waals surface area (Å²) in [5.41, 5.74) is 1.06. The van der Waals surface area contributed by atoms with Gasteiger partial charge in [0.1, 0.15) is 0 Å². The van der Waals surface area contributed by atoms with Gasteiger partial charge in [-0.05, 0) is 24.8 Å². The fourth-order valence-corrected chi connectivity index (χ4v) is 3.73. The number of nitro benzene ring substituents is 1. The molecule has 3 rings (SSSR count). The summed E-state index contributed by atoms with van der Waals surface area (Å²) in [7, 11) is 0. The van der Waals surface area contributed by atoms with Crippen molar-refractivity contribution >= 4 is 17.3 Å². The molecule has 0 spiro atoms. The highest BCUT2D eigenvalue weighted by Gasteiger charge is 2.42. The Morgan fingerprint density at radius 1 is 1.50 bits per heavy atom. The van der Waals surface area contributed by atoms with Crippen molar-refractivity contribution in [3.8, 4) is 0 Å². The molecule has 0 bridgehead atoms. The van der Waals surface area contributed by atoms with E-state index in [9.17, 15) is 20.0 Å². The van der Waals surface area contributed by atoms with Gasteiger partial charge < -0.3 is 10.4 Å². The first-order chi connectivity index (χ1) is 10.5. The number of hydrogen-bond acceptors (Lipinski definition) is 4. The number of aromatic carboxylic acids is 1. The molecule has 22 heavy (non-hydrogen) atoms. The minimum Gasteiger partial charge on any atom is -0.478 e. The second-order valence-corrected chi connectivity index (χ2v) is 5.88. The largest absolute Gasteiger partial charge is 0.478 e. The third kappa shape index (κ3) is 2.15. The first-order valence-electron chi connectivity index (χ1n) is 7.52. The summed E-state index contributed by atoms with van der Waals surface area (Å²) < 4.78 is 0. The van der Waals surface area contributed by atoms with Crippen LogP contribution in [0.3, 0.4) is 0 Å². The Bertz CT molecular complexity index is 668. The molecule has 0 aromatic heterocycles. The first-order valence-corrected chi connectivity index (χ1v) is 7.52. The summed E-state index contributed by atoms with van der Waals surface area (Å²) in [5.74, 6) is -0.878. The van der Waals surface area contributed by atoms with Crippen molar-refractivity contribution in [1.29, 1.82) is 0 Å². The van der Waals surface area contributed by atoms with Crippen molar-refractivity contribution in [2.75, 3.05) is 5.32 Å². The number of anilines is 1. The molecule has 0 saturated heterocycles. The fourth-order valence-electron chi connectivity index (χ4n) is 3.73. The number of carbonyl (C=O) groups is 1. The number of fused-ring (bicyclic) bond motifs is 3. The van der Waals surface area contributed by atoms with E-state index in [4.69, 9.17) is 0 Å². The van der Waals surface area contributed by atoms with Gasteiger partial charge in [-0.1, -0.05) is 25.5 Å². The van der Waals surface area contributed by atoms with Crippen molar-refractivity contribution in [3.63, 3.8) is 0 Å². The number of carboxylic acid groups (broad SMARTS) is 1. The molecule has 1 aromatic rings. The molecular weight excluding hydrogens is 284 g/mol. The number of hydrogen-bond donors (Lipinski definition) is 2. The van der Waals surface area contributed by atoms with E-state index in [2.05, 4.69) is 12.2 Å². The molecular formula is C16H18N2O4. The SMILES string of the molecule is CCCC1Nc2c(C(=O)O)ccc([N+](=O)[O-])c2C2C=CCC12. The van der Waals surface area contributed by atoms with Gasteiger partial charge in [0, 0.05) is 18.0 Å². The van der Waals surface area contributed by atoms with Gasteiger partial charge in [-0.25, -0.2) is 4.79 Å². The van der Waals surface area contributed by atoms with Crippen molar-refractivity contribution < 1.29 is 14.8 Å². The van der Waals surface area contributed by atoms with Crippen LogP contribution in [-0.4, -0.2) is 22.0 Å². The van der Waals surface area contributed by atoms with E-state index in [1.165, 1.54) is 12.1 Å². The standard InChI is InChI=1S/C16H18N2O4/c1-2-4-12-9-5-3-6-10(9)14-13(18(21)22)8-7-11(16(19)20)15(14)17-12/h3,6-10,12,17H,2,4-5H2,1H3,(H,19,20). The minimum absolute atomic E-state index is 0.00370. The second-order valence-electron chi connectivity index (χ2n) is 5.88. The van der Waals surface area contributed by atoms with E-state index in [0.717, 1.165) is 19.3 Å². The molecule has 0 fully saturated rings. The molecule has 6 heteroatoms. The second kappa shape index (κ2) is 5.44. The lowest BCUT2D eigenvalue weighted by Gasteiger charge is -2.37. The third-order valence-electron chi connectivity index (χ3n) is 4.64. The third-order valence-corrected chi connectivity index (χ3v) is 4.64. The quantitative estimate of drug-likeness (QED) is 0.504. The highest BCUT2D eigenvalue weighted by molar-refractivity contribution is 5.97. The number of nitro groups is 1. The summed E-state index contributed by atoms with van der Waals surface area (Å²) in [5, 5.41) is 24.0. The number of nitrogens with one attached hydrogen (secondary N) is 1. The molecule has 1 aliphatic carbocycles. The maximum Gasteiger partial charge on any atom is 0.337 e. The lowest BCUT2D eigenvalue weighted by molar-refractivity contribution is -0.385. The number of carboxylic acids is 1. The van der Waals surface area contributed by atoms with Gasteiger partial charge in [0.05, 0.1) is 21.7 Å². The number of rotatable bonds is 4. The lowest BCUT2D eigenvalue weighted by Crippen LogP contribution is -2.37. The Morgan fingerprint density at radius 3 is 2.91 bits per heavy atom. The molecule has 1 heterocycles. The summed E-state index contributed by atoms with van der Waals surface area (Å²) >= 11 is 0. The molecule has 116 valence electrons. The van der Waals surface area contributed by atoms with Crippen molar-refractivity contribution in [2.45, 2.75) is 38.1 Å². The van der Waals surface area contributed by atoms with Crippen LogP contribution in [0.4, 0.5) is 11.4 Å². The predicted octanol–water partition coefficient (Wildman–Crippen LogP) is 3.55. The maximum absolute atomic E-state index is 11.5. The van der Waals surface area contributed by atoms with Crippen LogP contribution in [0, 0.1) is 16.0 Å². The van der Waals surface area contributed by atoms with Crippen LogP contribution < -0.4 is 5.32 Å². The lowest BCUT2D eigenvalue weighted by atomic mass is 9.76. The Kier molecular flexibility index (Phi) is 3.60. The molecule has 3 atom stereocenters. The van der Waals surface area contributed by atoms with Gasteiger partial charge in [-0.3, -0.25) is 10.1 Å². The summed E-state index contributed by atoms with van der Waals surface area (Å²) in [6.07, 6.45) is 6.81. The van der Waals surface area contributed by atoms with Gasteiger partial charge >= 0.3 is 5.97 Å². The molecule has 2 aliphatic rings. The van der Waals surface area contributed by atoms with Gasteiger partial charge in [0.25, 0.3) is 5.69 Å². The van der Waals surface area contributed by atoms with Gasteiger partial charge in [-0.15, -0.1) is 0 Å². The molecule has 6 nitrogen and oxygen atoms in total. The smallest absolute Gasteiger partial charge is 0.337 e. The number of allylic oxidation sites excluding steroid dienone is 2. The minimum atomic E-state index is -1.06. The molecule has 1 aromatic carbocycles. The Balaban J connectivity index is 2.20. The van der Waals surface area contributed by atoms with Crippen LogP contribution in [0.15, 0.2) is 24.3 Å². The Morgan fingerprint density at radius 2 is 2.27 bits per heavy atom. The average Bonchev–Trinajstić information content (AvgIpc) is 2.95. The Labute approximate surface area is 128 Å². The van der Waals surface area contributed by atoms with Crippen molar-refractivity contribution in [3.05, 3.63) is 45.5 Å². The molecule has 3 unspecified atom stereocenters. The molecule has 1 aliphatic heterocycles. The zero-order chi connectivity index (χ0) is 15.9. The summed E-state index contributed by atoms with van der Waals surface area (Å²) in [6.45, 7) is 2.08. The normalized spacial score (nSPS) is 25.2. The van der Waals surface area contributed by atoms with E-state index in [1.54, 1.807) is 0 Å². The van der Waals surface area contributed by atoms with E-state index in [-0.39, 0.29) is 29.1 Å². The van der Waals surface area contributed by atoms with Crippen LogP contribution in [0.25, 0.3) is 0 Å². The first kappa shape index (κ1) is 14.6. The number of nitrogens with zero attached hydrogens (tertiary/aromatic N) is 1. The Hall–Kier alpha value is -2.37. The van der Waals surface area contributed by atoms with Crippen LogP contribution in [0.2, 0.25) is 0 Å². The summed E-state index contributed by atoms with van der Waals surface area (Å²) in [6, 6.07) is 2.79. The van der Waals surface area contributed by atoms with E-state index in [1.807, 2.05) is 12.2 Å². The molecule has 0 radical (unpaired) electrons. The number of benzene rings is 1. The van der Waals surface area contributed by atoms with Crippen LogP contribution in [0.1, 0.15) is 48.0 Å². The van der Waals surface area contributed by atoms with Gasteiger partial charge in [0.15, 0.2) is 0 Å². The average molecular weight is 302 g/mol. The van der Waals surface area contributed by atoms with Crippen molar-refractivity contribution in [1.82, 2.24) is 0 Å². The van der Waals surface area contributed by atoms with E-state index < -0.39 is 10.9 Å². The molecule has 0 saturated carbocycles. The van der Waals surface area contributed by atoms with Crippen LogP contribution in [-0.2, 0) is 0 Å². The fraction of sp³-hybridized carbons (Fsp3) is 0.438. The van der Waals surface area contributed by atoms with Gasteiger partial charge in [0.2, 0.25) is 0 Å². The van der Waals surface area contributed by atoms with E-state index in [0.29, 0.717) is 11.3 Å². The molecule has 0 amide bonds. The molecule has 2 N–H and O–H groups in total. The zero-order valence-electron chi connectivity index (χ0n) is 12.3. The maximum atomic E-state index is 11.5. The highest BCUT2D eigenvalue weighted by Crippen LogP contribution is 2.50. The van der Waals surface area contributed by atoms with E-state index >= 15 is 0 Å². The van der Waals surface area contributed by atoms with Crippen LogP contribution >= 0.6 is 0 Å². The highest BCUT2D eigenvalue weighted by atomic mass is 16.6.